The summed E-state index contributed by atoms with van der Waals surface area (Å²) in [6.07, 6.45) is -5.73. The maximum atomic E-state index is 12.3. The number of likely N-dealkylation sites (tertiary alicyclic amines) is 1. The van der Waals surface area contributed by atoms with Crippen molar-refractivity contribution >= 4 is 16.8 Å². The fourth-order valence-corrected chi connectivity index (χ4v) is 2.62. The van der Waals surface area contributed by atoms with Crippen LogP contribution in [-0.4, -0.2) is 41.2 Å². The molecular weight excluding hydrogens is 309 g/mol. The van der Waals surface area contributed by atoms with Gasteiger partial charge in [-0.05, 0) is 12.1 Å². The number of rotatable bonds is 3. The molecule has 0 unspecified atom stereocenters. The van der Waals surface area contributed by atoms with Gasteiger partial charge in [-0.2, -0.15) is 13.2 Å². The summed E-state index contributed by atoms with van der Waals surface area (Å²) in [7, 11) is 0. The first kappa shape index (κ1) is 15.6. The number of hydrogen-bond acceptors (Lipinski definition) is 3. The van der Waals surface area contributed by atoms with Gasteiger partial charge in [-0.1, -0.05) is 18.2 Å². The Morgan fingerprint density at radius 3 is 2.83 bits per heavy atom. The van der Waals surface area contributed by atoms with Crippen molar-refractivity contribution in [3.63, 3.8) is 0 Å². The fourth-order valence-electron chi connectivity index (χ4n) is 2.62. The van der Waals surface area contributed by atoms with E-state index >= 15 is 0 Å². The van der Waals surface area contributed by atoms with E-state index in [4.69, 9.17) is 4.74 Å². The van der Waals surface area contributed by atoms with Crippen molar-refractivity contribution in [3.8, 4) is 5.88 Å². The number of para-hydroxylation sites is 1. The Balaban J connectivity index is 1.61. The first-order chi connectivity index (χ1) is 10.9. The van der Waals surface area contributed by atoms with Crippen LogP contribution in [0.4, 0.5) is 13.2 Å². The molecule has 0 saturated carbocycles. The summed E-state index contributed by atoms with van der Waals surface area (Å²) < 4.78 is 42.5. The average molecular weight is 324 g/mol. The van der Waals surface area contributed by atoms with Crippen LogP contribution < -0.4 is 4.74 Å². The van der Waals surface area contributed by atoms with Gasteiger partial charge in [-0.25, -0.2) is 4.98 Å². The molecule has 0 N–H and O–H groups in total. The maximum absolute atomic E-state index is 12.3. The highest BCUT2D eigenvalue weighted by molar-refractivity contribution is 5.79. The van der Waals surface area contributed by atoms with Gasteiger partial charge in [0.25, 0.3) is 0 Å². The number of alkyl halides is 3. The number of carbonyl (C=O) groups is 1. The third kappa shape index (κ3) is 3.91. The molecule has 23 heavy (non-hydrogen) atoms. The first-order valence-corrected chi connectivity index (χ1v) is 7.28. The molecule has 1 aromatic heterocycles. The van der Waals surface area contributed by atoms with Crippen LogP contribution in [0.25, 0.3) is 10.9 Å². The number of nitrogens with zero attached hydrogens (tertiary/aromatic N) is 2. The van der Waals surface area contributed by atoms with Gasteiger partial charge in [0.1, 0.15) is 12.5 Å². The molecule has 1 aliphatic rings. The van der Waals surface area contributed by atoms with Gasteiger partial charge in [-0.3, -0.25) is 4.79 Å². The molecule has 1 aromatic carbocycles. The summed E-state index contributed by atoms with van der Waals surface area (Å²) in [5.74, 6) is -0.492. The van der Waals surface area contributed by atoms with Crippen LogP contribution >= 0.6 is 0 Å². The molecule has 1 fully saturated rings. The van der Waals surface area contributed by atoms with E-state index in [1.807, 2.05) is 30.3 Å². The number of benzene rings is 1. The van der Waals surface area contributed by atoms with Gasteiger partial charge in [-0.15, -0.1) is 0 Å². The highest BCUT2D eigenvalue weighted by Gasteiger charge is 2.36. The zero-order chi connectivity index (χ0) is 16.4. The quantitative estimate of drug-likeness (QED) is 0.871. The topological polar surface area (TPSA) is 42.4 Å². The summed E-state index contributed by atoms with van der Waals surface area (Å²) >= 11 is 0. The van der Waals surface area contributed by atoms with E-state index in [2.05, 4.69) is 4.98 Å². The SMILES string of the molecule is O=C(CC(F)(F)F)N1CC[C@H](Oc2ccc3ccccc3n2)C1. The standard InChI is InChI=1S/C16H15F3N2O2/c17-16(18,19)9-15(22)21-8-7-12(10-21)23-14-6-5-11-3-1-2-4-13(11)20-14/h1-6,12H,7-10H2/t12-/m0/s1. The van der Waals surface area contributed by atoms with E-state index in [0.717, 1.165) is 10.9 Å². The molecule has 4 nitrogen and oxygen atoms in total. The molecule has 122 valence electrons. The van der Waals surface area contributed by atoms with Gasteiger partial charge in [0, 0.05) is 24.4 Å². The Labute approximate surface area is 130 Å². The van der Waals surface area contributed by atoms with Crippen LogP contribution in [0, 0.1) is 0 Å². The van der Waals surface area contributed by atoms with Crippen molar-refractivity contribution < 1.29 is 22.7 Å². The van der Waals surface area contributed by atoms with Crippen LogP contribution in [0.2, 0.25) is 0 Å². The minimum atomic E-state index is -4.48. The van der Waals surface area contributed by atoms with Gasteiger partial charge in [0.15, 0.2) is 0 Å². The molecule has 2 heterocycles. The summed E-state index contributed by atoms with van der Waals surface area (Å²) in [6.45, 7) is 0.427. The van der Waals surface area contributed by atoms with Crippen LogP contribution in [0.1, 0.15) is 12.8 Å². The molecule has 1 atom stereocenters. The number of ether oxygens (including phenoxy) is 1. The highest BCUT2D eigenvalue weighted by Crippen LogP contribution is 2.24. The molecule has 3 rings (SSSR count). The molecule has 1 amide bonds. The molecule has 0 aliphatic carbocycles. The Hall–Kier alpha value is -2.31. The summed E-state index contributed by atoms with van der Waals surface area (Å²) in [5, 5.41) is 0.980. The second-order valence-electron chi connectivity index (χ2n) is 5.50. The Bertz CT molecular complexity index is 718. The normalized spacial score (nSPS) is 18.4. The van der Waals surface area contributed by atoms with E-state index < -0.39 is 18.5 Å². The zero-order valence-electron chi connectivity index (χ0n) is 12.2. The van der Waals surface area contributed by atoms with Crippen LogP contribution in [0.15, 0.2) is 36.4 Å². The number of carbonyl (C=O) groups excluding carboxylic acids is 1. The minimum Gasteiger partial charge on any atom is -0.472 e. The summed E-state index contributed by atoms with van der Waals surface area (Å²) in [6, 6.07) is 11.2. The molecule has 1 saturated heterocycles. The van der Waals surface area contributed by atoms with Crippen molar-refractivity contribution in [2.45, 2.75) is 25.1 Å². The monoisotopic (exact) mass is 324 g/mol. The third-order valence-electron chi connectivity index (χ3n) is 3.71. The van der Waals surface area contributed by atoms with Crippen molar-refractivity contribution in [3.05, 3.63) is 36.4 Å². The Kier molecular flexibility index (Phi) is 4.11. The lowest BCUT2D eigenvalue weighted by Crippen LogP contribution is -2.33. The Morgan fingerprint density at radius 2 is 2.04 bits per heavy atom. The third-order valence-corrected chi connectivity index (χ3v) is 3.71. The zero-order valence-corrected chi connectivity index (χ0v) is 12.2. The largest absolute Gasteiger partial charge is 0.472 e. The van der Waals surface area contributed by atoms with Crippen LogP contribution in [0.5, 0.6) is 5.88 Å². The van der Waals surface area contributed by atoms with Gasteiger partial charge in [0.2, 0.25) is 11.8 Å². The molecular formula is C16H15F3N2O2. The lowest BCUT2D eigenvalue weighted by Gasteiger charge is -2.18. The molecule has 0 radical (unpaired) electrons. The van der Waals surface area contributed by atoms with Gasteiger partial charge in [0.05, 0.1) is 12.1 Å². The average Bonchev–Trinajstić information content (AvgIpc) is 2.94. The highest BCUT2D eigenvalue weighted by atomic mass is 19.4. The number of fused-ring (bicyclic) bond motifs is 1. The van der Waals surface area contributed by atoms with E-state index in [9.17, 15) is 18.0 Å². The Morgan fingerprint density at radius 1 is 1.26 bits per heavy atom. The maximum Gasteiger partial charge on any atom is 0.397 e. The van der Waals surface area contributed by atoms with Gasteiger partial charge >= 0.3 is 6.18 Å². The van der Waals surface area contributed by atoms with E-state index in [-0.39, 0.29) is 19.2 Å². The molecule has 2 aromatic rings. The predicted octanol–water partition coefficient (Wildman–Crippen LogP) is 3.17. The smallest absolute Gasteiger partial charge is 0.397 e. The number of amides is 1. The minimum absolute atomic E-state index is 0.156. The summed E-state index contributed by atoms with van der Waals surface area (Å²) in [5.41, 5.74) is 0.785. The lowest BCUT2D eigenvalue weighted by molar-refractivity contribution is -0.160. The second kappa shape index (κ2) is 6.06. The molecule has 7 heteroatoms. The van der Waals surface area contributed by atoms with Crippen molar-refractivity contribution in [1.29, 1.82) is 0 Å². The van der Waals surface area contributed by atoms with Crippen LogP contribution in [0.3, 0.4) is 0 Å². The van der Waals surface area contributed by atoms with Crippen molar-refractivity contribution in [2.24, 2.45) is 0 Å². The lowest BCUT2D eigenvalue weighted by atomic mass is 10.2. The van der Waals surface area contributed by atoms with Gasteiger partial charge < -0.3 is 9.64 Å². The number of halogens is 3. The van der Waals surface area contributed by atoms with Crippen molar-refractivity contribution in [2.75, 3.05) is 13.1 Å². The predicted molar refractivity (Wildman–Crippen MR) is 78.0 cm³/mol. The molecule has 0 bridgehead atoms. The van der Waals surface area contributed by atoms with E-state index in [1.54, 1.807) is 6.07 Å². The van der Waals surface area contributed by atoms with Crippen LogP contribution in [-0.2, 0) is 4.79 Å². The second-order valence-corrected chi connectivity index (χ2v) is 5.50. The molecule has 1 aliphatic heterocycles. The number of hydrogen-bond donors (Lipinski definition) is 0. The number of aromatic nitrogens is 1. The molecule has 0 spiro atoms. The van der Waals surface area contributed by atoms with Crippen molar-refractivity contribution in [1.82, 2.24) is 9.88 Å². The van der Waals surface area contributed by atoms with E-state index in [0.29, 0.717) is 12.3 Å². The number of pyridine rings is 1. The summed E-state index contributed by atoms with van der Waals surface area (Å²) in [4.78, 5) is 17.1. The first-order valence-electron chi connectivity index (χ1n) is 7.28. The fraction of sp³-hybridized carbons (Fsp3) is 0.375. The van der Waals surface area contributed by atoms with E-state index in [1.165, 1.54) is 4.90 Å².